The molecule has 5 heteroatoms. The zero-order chi connectivity index (χ0) is 18.8. The van der Waals surface area contributed by atoms with Crippen LogP contribution < -0.4 is 4.98 Å². The van der Waals surface area contributed by atoms with Crippen LogP contribution in [0.15, 0.2) is 65.7 Å². The summed E-state index contributed by atoms with van der Waals surface area (Å²) in [6.45, 7) is 5.82. The first-order valence-corrected chi connectivity index (χ1v) is 10.7. The molecule has 0 radical (unpaired) electrons. The lowest BCUT2D eigenvalue weighted by atomic mass is 10.0. The molecule has 142 valence electrons. The number of nitrogens with one attached hydrogen (secondary N) is 1. The highest BCUT2D eigenvalue weighted by atomic mass is 32.1. The molecule has 1 aromatic carbocycles. The van der Waals surface area contributed by atoms with Crippen LogP contribution in [0.2, 0.25) is 0 Å². The smallest absolute Gasteiger partial charge is 0.174 e. The highest BCUT2D eigenvalue weighted by Gasteiger charge is 2.15. The molecule has 0 saturated carbocycles. The fraction of sp³-hybridized carbons (Fsp3) is 0.261. The van der Waals surface area contributed by atoms with E-state index in [0.29, 0.717) is 0 Å². The molecule has 0 unspecified atom stereocenters. The van der Waals surface area contributed by atoms with Gasteiger partial charge in [0.2, 0.25) is 0 Å². The minimum Gasteiger partial charge on any atom is -0.379 e. The van der Waals surface area contributed by atoms with E-state index in [4.69, 9.17) is 4.74 Å². The number of hydrogen-bond acceptors (Lipinski definition) is 3. The number of fused-ring (bicyclic) bond motifs is 1. The average Bonchev–Trinajstić information content (AvgIpc) is 3.42. The van der Waals surface area contributed by atoms with Crippen molar-refractivity contribution in [3.63, 3.8) is 0 Å². The minimum absolute atomic E-state index is 0.850. The summed E-state index contributed by atoms with van der Waals surface area (Å²) in [5, 5.41) is 5.62. The lowest BCUT2D eigenvalue weighted by molar-refractivity contribution is -0.376. The molecule has 1 N–H and O–H groups in total. The third kappa shape index (κ3) is 3.49. The van der Waals surface area contributed by atoms with E-state index in [1.165, 1.54) is 33.2 Å². The number of hydrogen-bond donors (Lipinski definition) is 0. The maximum absolute atomic E-state index is 5.47. The molecule has 1 aliphatic heterocycles. The first-order chi connectivity index (χ1) is 13.9. The Morgan fingerprint density at radius 2 is 1.82 bits per heavy atom. The second kappa shape index (κ2) is 7.87. The summed E-state index contributed by atoms with van der Waals surface area (Å²) >= 11 is 1.73. The molecule has 0 amide bonds. The molecule has 0 spiro atoms. The summed E-state index contributed by atoms with van der Waals surface area (Å²) in [6.07, 6.45) is 6.48. The van der Waals surface area contributed by atoms with Gasteiger partial charge in [0.1, 0.15) is 0 Å². The summed E-state index contributed by atoms with van der Waals surface area (Å²) in [5.41, 5.74) is 6.30. The zero-order valence-corrected chi connectivity index (χ0v) is 16.6. The number of rotatable bonds is 5. The van der Waals surface area contributed by atoms with Gasteiger partial charge in [-0.3, -0.25) is 4.90 Å². The van der Waals surface area contributed by atoms with Crippen LogP contribution in [0.3, 0.4) is 0 Å². The van der Waals surface area contributed by atoms with E-state index < -0.39 is 0 Å². The number of ether oxygens (including phenoxy) is 1. The largest absolute Gasteiger partial charge is 0.379 e. The number of para-hydroxylation sites is 1. The molecular formula is C23H24N3OS+. The number of benzene rings is 1. The van der Waals surface area contributed by atoms with Gasteiger partial charge in [-0.25, -0.2) is 4.98 Å². The third-order valence-corrected chi connectivity index (χ3v) is 6.19. The first kappa shape index (κ1) is 17.6. The van der Waals surface area contributed by atoms with Crippen molar-refractivity contribution in [2.45, 2.75) is 6.54 Å². The van der Waals surface area contributed by atoms with Crippen LogP contribution in [0.5, 0.6) is 0 Å². The van der Waals surface area contributed by atoms with Crippen molar-refractivity contribution in [1.82, 2.24) is 9.47 Å². The highest BCUT2D eigenvalue weighted by Crippen LogP contribution is 2.32. The van der Waals surface area contributed by atoms with E-state index in [0.717, 1.165) is 39.4 Å². The number of aromatic amines is 1. The molecule has 1 fully saturated rings. The number of thiophene rings is 1. The Kier molecular flexibility index (Phi) is 4.95. The van der Waals surface area contributed by atoms with Crippen LogP contribution >= 0.6 is 11.3 Å². The second-order valence-electron chi connectivity index (χ2n) is 7.23. The number of nitrogens with zero attached hydrogens (tertiary/aromatic N) is 2. The lowest BCUT2D eigenvalue weighted by Gasteiger charge is -2.26. The summed E-state index contributed by atoms with van der Waals surface area (Å²) in [6, 6.07) is 13.2. The van der Waals surface area contributed by atoms with Crippen LogP contribution in [-0.4, -0.2) is 42.3 Å². The molecule has 4 aromatic rings. The molecule has 1 saturated heterocycles. The molecule has 28 heavy (non-hydrogen) atoms. The maximum atomic E-state index is 5.47. The Morgan fingerprint density at radius 1 is 0.964 bits per heavy atom. The molecule has 4 nitrogen and oxygen atoms in total. The van der Waals surface area contributed by atoms with Gasteiger partial charge < -0.3 is 9.30 Å². The van der Waals surface area contributed by atoms with Gasteiger partial charge in [-0.05, 0) is 34.5 Å². The van der Waals surface area contributed by atoms with E-state index in [1.807, 2.05) is 0 Å². The summed E-state index contributed by atoms with van der Waals surface area (Å²) < 4.78 is 7.87. The number of H-pyrrole nitrogens is 1. The molecule has 0 atom stereocenters. The van der Waals surface area contributed by atoms with Crippen LogP contribution in [0.25, 0.3) is 33.2 Å². The third-order valence-electron chi connectivity index (χ3n) is 5.50. The van der Waals surface area contributed by atoms with Crippen LogP contribution in [0.1, 0.15) is 0 Å². The van der Waals surface area contributed by atoms with Gasteiger partial charge in [-0.1, -0.05) is 18.2 Å². The van der Waals surface area contributed by atoms with E-state index in [2.05, 4.69) is 80.2 Å². The monoisotopic (exact) mass is 390 g/mol. The second-order valence-corrected chi connectivity index (χ2v) is 8.01. The van der Waals surface area contributed by atoms with E-state index in [1.54, 1.807) is 11.3 Å². The molecule has 0 aliphatic carbocycles. The first-order valence-electron chi connectivity index (χ1n) is 9.80. The van der Waals surface area contributed by atoms with Crippen molar-refractivity contribution >= 4 is 22.2 Å². The lowest BCUT2D eigenvalue weighted by Crippen LogP contribution is -2.38. The SMILES string of the molecule is c1ccc2c(c1)c(-c1c[nH+]cc(-c3ccsc3)c1)cn2CCN1CCOCC1. The molecule has 1 aliphatic rings. The van der Waals surface area contributed by atoms with Gasteiger partial charge in [-0.2, -0.15) is 11.3 Å². The zero-order valence-electron chi connectivity index (χ0n) is 15.8. The van der Waals surface area contributed by atoms with E-state index in [9.17, 15) is 0 Å². The fourth-order valence-electron chi connectivity index (χ4n) is 3.96. The molecule has 4 heterocycles. The Hall–Kier alpha value is -2.47. The van der Waals surface area contributed by atoms with E-state index >= 15 is 0 Å². The van der Waals surface area contributed by atoms with Gasteiger partial charge in [0, 0.05) is 60.0 Å². The normalized spacial score (nSPS) is 15.3. The quantitative estimate of drug-likeness (QED) is 0.512. The van der Waals surface area contributed by atoms with Gasteiger partial charge in [-0.15, -0.1) is 0 Å². The topological polar surface area (TPSA) is 31.5 Å². The average molecular weight is 391 g/mol. The van der Waals surface area contributed by atoms with Crippen LogP contribution in [-0.2, 0) is 11.3 Å². The molecular weight excluding hydrogens is 366 g/mol. The number of aromatic nitrogens is 2. The maximum Gasteiger partial charge on any atom is 0.174 e. The standard InChI is InChI=1S/C23H23N3OS/c1-2-4-23-21(3-1)22(16-26(23)7-6-25-8-10-27-11-9-25)20-13-19(14-24-15-20)18-5-12-28-17-18/h1-5,12-17H,6-11H2/p+1. The van der Waals surface area contributed by atoms with Gasteiger partial charge in [0.05, 0.1) is 13.2 Å². The Morgan fingerprint density at radius 3 is 2.68 bits per heavy atom. The summed E-state index contributed by atoms with van der Waals surface area (Å²) in [7, 11) is 0. The Balaban J connectivity index is 1.49. The number of morpholine rings is 1. The molecule has 5 rings (SSSR count). The Bertz CT molecular complexity index is 1060. The molecule has 3 aromatic heterocycles. The predicted molar refractivity (Wildman–Crippen MR) is 115 cm³/mol. The van der Waals surface area contributed by atoms with Gasteiger partial charge in [0.25, 0.3) is 0 Å². The summed E-state index contributed by atoms with van der Waals surface area (Å²) in [5.74, 6) is 0. The Labute approximate surface area is 169 Å². The van der Waals surface area contributed by atoms with Crippen molar-refractivity contribution in [3.8, 4) is 22.3 Å². The van der Waals surface area contributed by atoms with Crippen LogP contribution in [0, 0.1) is 0 Å². The van der Waals surface area contributed by atoms with Crippen LogP contribution in [0.4, 0.5) is 0 Å². The van der Waals surface area contributed by atoms with Gasteiger partial charge in [0.15, 0.2) is 12.4 Å². The minimum atomic E-state index is 0.850. The van der Waals surface area contributed by atoms with Crippen molar-refractivity contribution < 1.29 is 9.72 Å². The van der Waals surface area contributed by atoms with Crippen molar-refractivity contribution in [1.29, 1.82) is 0 Å². The highest BCUT2D eigenvalue weighted by molar-refractivity contribution is 7.08. The van der Waals surface area contributed by atoms with Crippen molar-refractivity contribution in [3.05, 3.63) is 65.7 Å². The molecule has 0 bridgehead atoms. The van der Waals surface area contributed by atoms with E-state index in [-0.39, 0.29) is 0 Å². The predicted octanol–water partition coefficient (Wildman–Crippen LogP) is 4.18. The summed E-state index contributed by atoms with van der Waals surface area (Å²) in [4.78, 5) is 5.84. The van der Waals surface area contributed by atoms with Crippen molar-refractivity contribution in [2.75, 3.05) is 32.8 Å². The van der Waals surface area contributed by atoms with Crippen molar-refractivity contribution in [2.24, 2.45) is 0 Å². The fourth-order valence-corrected chi connectivity index (χ4v) is 4.62. The van der Waals surface area contributed by atoms with Gasteiger partial charge >= 0.3 is 0 Å². The number of pyridine rings is 1.